The van der Waals surface area contributed by atoms with Crippen LogP contribution in [0, 0.1) is 6.92 Å². The van der Waals surface area contributed by atoms with E-state index in [0.29, 0.717) is 49.1 Å². The van der Waals surface area contributed by atoms with Gasteiger partial charge in [0.25, 0.3) is 11.5 Å². The molecule has 1 aliphatic heterocycles. The highest BCUT2D eigenvalue weighted by Crippen LogP contribution is 2.41. The molecule has 24 heavy (non-hydrogen) atoms. The maximum absolute atomic E-state index is 12.8. The van der Waals surface area contributed by atoms with Crippen LogP contribution in [0.25, 0.3) is 0 Å². The largest absolute Gasteiger partial charge is 0.447 e. The molecule has 0 saturated heterocycles. The van der Waals surface area contributed by atoms with E-state index in [1.807, 2.05) is 6.92 Å². The molecule has 0 radical (unpaired) electrons. The number of aryl methyl sites for hydroxylation is 1. The molecule has 0 unspecified atom stereocenters. The lowest BCUT2D eigenvalue weighted by Crippen LogP contribution is -2.34. The fraction of sp³-hybridized carbons (Fsp3) is 0.529. The second kappa shape index (κ2) is 5.58. The summed E-state index contributed by atoms with van der Waals surface area (Å²) in [6.07, 6.45) is 4.58. The number of rotatable bonds is 2. The zero-order valence-electron chi connectivity index (χ0n) is 13.9. The second-order valence-corrected chi connectivity index (χ2v) is 6.58. The Bertz CT molecular complexity index is 863. The van der Waals surface area contributed by atoms with Crippen LogP contribution in [0.3, 0.4) is 0 Å². The molecule has 126 valence electrons. The van der Waals surface area contributed by atoms with Gasteiger partial charge in [-0.25, -0.2) is 9.97 Å². The van der Waals surface area contributed by atoms with Gasteiger partial charge in [0.15, 0.2) is 12.1 Å². The van der Waals surface area contributed by atoms with E-state index in [9.17, 15) is 9.59 Å². The highest BCUT2D eigenvalue weighted by molar-refractivity contribution is 5.93. The van der Waals surface area contributed by atoms with E-state index in [1.54, 1.807) is 16.5 Å². The number of hydrogen-bond donors (Lipinski definition) is 0. The molecule has 0 atom stereocenters. The first-order valence-electron chi connectivity index (χ1n) is 8.34. The summed E-state index contributed by atoms with van der Waals surface area (Å²) in [6, 6.07) is 0. The number of carbonyl (C=O) groups excluding carboxylic acids is 1. The third kappa shape index (κ3) is 2.44. The number of fused-ring (bicyclic) bond motifs is 1. The molecular weight excluding hydrogens is 308 g/mol. The third-order valence-corrected chi connectivity index (χ3v) is 4.98. The molecular formula is C17H20N4O3. The van der Waals surface area contributed by atoms with Crippen LogP contribution in [0.15, 0.2) is 15.6 Å². The van der Waals surface area contributed by atoms with Crippen molar-refractivity contribution in [2.75, 3.05) is 13.1 Å². The first-order valence-corrected chi connectivity index (χ1v) is 8.34. The van der Waals surface area contributed by atoms with Crippen molar-refractivity contribution in [2.45, 2.75) is 38.5 Å². The van der Waals surface area contributed by atoms with Crippen LogP contribution in [-0.4, -0.2) is 38.4 Å². The normalized spacial score (nSPS) is 17.5. The average molecular weight is 328 g/mol. The van der Waals surface area contributed by atoms with Gasteiger partial charge >= 0.3 is 0 Å². The summed E-state index contributed by atoms with van der Waals surface area (Å²) in [5, 5.41) is 0. The quantitative estimate of drug-likeness (QED) is 0.827. The molecule has 7 heteroatoms. The van der Waals surface area contributed by atoms with Gasteiger partial charge in [-0.05, 0) is 26.2 Å². The minimum Gasteiger partial charge on any atom is -0.447 e. The van der Waals surface area contributed by atoms with E-state index in [-0.39, 0.29) is 11.5 Å². The fourth-order valence-electron chi connectivity index (χ4n) is 3.27. The topological polar surface area (TPSA) is 81.2 Å². The molecule has 0 spiro atoms. The monoisotopic (exact) mass is 328 g/mol. The Hall–Kier alpha value is -2.44. The Kier molecular flexibility index (Phi) is 3.51. The van der Waals surface area contributed by atoms with Gasteiger partial charge < -0.3 is 9.32 Å². The molecule has 0 bridgehead atoms. The number of nitrogens with zero attached hydrogens (tertiary/aromatic N) is 4. The maximum Gasteiger partial charge on any atom is 0.276 e. The standard InChI is InChI=1S/C17H20N4O3/c1-10-19-13-6-8-21(7-5-12(13)16(22)20(10)2)17(23)14-15(11-3-4-11)24-9-18-14/h9,11H,3-8H2,1-2H3. The molecule has 3 heterocycles. The van der Waals surface area contributed by atoms with Crippen LogP contribution < -0.4 is 5.56 Å². The van der Waals surface area contributed by atoms with E-state index in [2.05, 4.69) is 9.97 Å². The van der Waals surface area contributed by atoms with E-state index in [0.717, 1.165) is 24.1 Å². The molecule has 2 aromatic heterocycles. The molecule has 0 N–H and O–H groups in total. The smallest absolute Gasteiger partial charge is 0.276 e. The lowest BCUT2D eigenvalue weighted by Gasteiger charge is -2.19. The van der Waals surface area contributed by atoms with Crippen molar-refractivity contribution in [3.05, 3.63) is 45.3 Å². The Balaban J connectivity index is 1.59. The van der Waals surface area contributed by atoms with E-state index < -0.39 is 0 Å². The van der Waals surface area contributed by atoms with E-state index >= 15 is 0 Å². The molecule has 2 aromatic rings. The molecule has 1 aliphatic carbocycles. The van der Waals surface area contributed by atoms with Crippen molar-refractivity contribution in [1.82, 2.24) is 19.4 Å². The highest BCUT2D eigenvalue weighted by atomic mass is 16.3. The van der Waals surface area contributed by atoms with Crippen LogP contribution in [0.1, 0.15) is 52.1 Å². The van der Waals surface area contributed by atoms with Gasteiger partial charge in [-0.3, -0.25) is 14.2 Å². The minimum atomic E-state index is -0.105. The number of aromatic nitrogens is 3. The lowest BCUT2D eigenvalue weighted by molar-refractivity contribution is 0.0755. The molecule has 1 fully saturated rings. The molecule has 4 rings (SSSR count). The van der Waals surface area contributed by atoms with Crippen LogP contribution in [-0.2, 0) is 19.9 Å². The molecule has 7 nitrogen and oxygen atoms in total. The van der Waals surface area contributed by atoms with Crippen LogP contribution in [0.5, 0.6) is 0 Å². The Labute approximate surface area is 139 Å². The van der Waals surface area contributed by atoms with Crippen molar-refractivity contribution in [3.63, 3.8) is 0 Å². The fourth-order valence-corrected chi connectivity index (χ4v) is 3.27. The van der Waals surface area contributed by atoms with Gasteiger partial charge in [0, 0.05) is 38.0 Å². The number of oxazole rings is 1. The van der Waals surface area contributed by atoms with Crippen molar-refractivity contribution in [3.8, 4) is 0 Å². The number of hydrogen-bond acceptors (Lipinski definition) is 5. The van der Waals surface area contributed by atoms with Gasteiger partial charge in [0.1, 0.15) is 11.6 Å². The van der Waals surface area contributed by atoms with Crippen molar-refractivity contribution >= 4 is 5.91 Å². The summed E-state index contributed by atoms with van der Waals surface area (Å²) in [7, 11) is 1.73. The van der Waals surface area contributed by atoms with Crippen LogP contribution in [0.4, 0.5) is 0 Å². The summed E-state index contributed by atoms with van der Waals surface area (Å²) < 4.78 is 6.99. The average Bonchev–Trinajstić information content (AvgIpc) is 3.34. The van der Waals surface area contributed by atoms with Crippen molar-refractivity contribution in [2.24, 2.45) is 7.05 Å². The van der Waals surface area contributed by atoms with Crippen molar-refractivity contribution in [1.29, 1.82) is 0 Å². The van der Waals surface area contributed by atoms with E-state index in [4.69, 9.17) is 4.42 Å². The van der Waals surface area contributed by atoms with E-state index in [1.165, 1.54) is 6.39 Å². The summed E-state index contributed by atoms with van der Waals surface area (Å²) in [5.74, 6) is 1.65. The van der Waals surface area contributed by atoms with Gasteiger partial charge in [-0.15, -0.1) is 0 Å². The number of carbonyl (C=O) groups is 1. The predicted molar refractivity (Wildman–Crippen MR) is 86.0 cm³/mol. The van der Waals surface area contributed by atoms with Gasteiger partial charge in [0.2, 0.25) is 0 Å². The Morgan fingerprint density at radius 1 is 1.29 bits per heavy atom. The Morgan fingerprint density at radius 3 is 2.79 bits per heavy atom. The predicted octanol–water partition coefficient (Wildman–Crippen LogP) is 1.20. The summed E-state index contributed by atoms with van der Waals surface area (Å²) >= 11 is 0. The van der Waals surface area contributed by atoms with Crippen LogP contribution in [0.2, 0.25) is 0 Å². The van der Waals surface area contributed by atoms with Crippen LogP contribution >= 0.6 is 0 Å². The zero-order chi connectivity index (χ0) is 16.8. The first kappa shape index (κ1) is 15.1. The maximum atomic E-state index is 12.8. The summed E-state index contributed by atoms with van der Waals surface area (Å²) in [4.78, 5) is 35.7. The van der Waals surface area contributed by atoms with Gasteiger partial charge in [0.05, 0.1) is 5.69 Å². The molecule has 1 amide bonds. The van der Waals surface area contributed by atoms with Gasteiger partial charge in [-0.2, -0.15) is 0 Å². The van der Waals surface area contributed by atoms with Crippen molar-refractivity contribution < 1.29 is 9.21 Å². The molecule has 0 aromatic carbocycles. The molecule has 2 aliphatic rings. The number of amides is 1. The third-order valence-electron chi connectivity index (χ3n) is 4.98. The second-order valence-electron chi connectivity index (χ2n) is 6.58. The summed E-state index contributed by atoms with van der Waals surface area (Å²) in [6.45, 7) is 2.87. The Morgan fingerprint density at radius 2 is 2.04 bits per heavy atom. The van der Waals surface area contributed by atoms with Gasteiger partial charge in [-0.1, -0.05) is 0 Å². The SMILES string of the molecule is Cc1nc2c(c(=O)n1C)CCN(C(=O)c1ncoc1C1CC1)CC2. The summed E-state index contributed by atoms with van der Waals surface area (Å²) in [5.41, 5.74) is 1.96. The lowest BCUT2D eigenvalue weighted by atomic mass is 10.1. The highest BCUT2D eigenvalue weighted by Gasteiger charge is 2.34. The first-order chi connectivity index (χ1) is 11.6. The molecule has 1 saturated carbocycles. The minimum absolute atomic E-state index is 0.00750. The zero-order valence-corrected chi connectivity index (χ0v) is 13.9.